The van der Waals surface area contributed by atoms with Crippen molar-refractivity contribution in [1.82, 2.24) is 10.1 Å². The fourth-order valence-electron chi connectivity index (χ4n) is 4.41. The third kappa shape index (κ3) is 5.62. The number of primary amides is 1. The molecule has 1 aliphatic rings. The predicted octanol–water partition coefficient (Wildman–Crippen LogP) is 4.03. The van der Waals surface area contributed by atoms with Gasteiger partial charge >= 0.3 is 0 Å². The molecule has 3 aromatic rings. The summed E-state index contributed by atoms with van der Waals surface area (Å²) in [6.07, 6.45) is 2.27. The summed E-state index contributed by atoms with van der Waals surface area (Å²) in [6, 6.07) is 16.5. The van der Waals surface area contributed by atoms with Gasteiger partial charge in [-0.1, -0.05) is 54.5 Å². The Hall–Kier alpha value is -3.68. The molecule has 178 valence electrons. The lowest BCUT2D eigenvalue weighted by atomic mass is 9.95. The first-order valence-electron chi connectivity index (χ1n) is 11.5. The standard InChI is InChI=1S/C26H30FN5O2/c1-17(20-9-10-22(23(27)13-20)19-7-3-2-4-8-19)24-14-21(31-34-24)15-30-26(29)32-11-5-6-18(16-32)12-25(28)33/h2-4,7-10,13-14,17-18H,5-6,11-12,15-16H2,1H3,(H2,28,33)(H2,29,30). The molecule has 2 aromatic carbocycles. The zero-order chi connectivity index (χ0) is 24.1. The van der Waals surface area contributed by atoms with Gasteiger partial charge in [-0.3, -0.25) is 4.79 Å². The van der Waals surface area contributed by atoms with Gasteiger partial charge in [0.1, 0.15) is 17.3 Å². The smallest absolute Gasteiger partial charge is 0.217 e. The Bertz CT molecular complexity index is 1160. The molecule has 0 spiro atoms. The van der Waals surface area contributed by atoms with Gasteiger partial charge in [0.2, 0.25) is 5.91 Å². The van der Waals surface area contributed by atoms with E-state index in [0.29, 0.717) is 35.9 Å². The van der Waals surface area contributed by atoms with Crippen LogP contribution >= 0.6 is 0 Å². The summed E-state index contributed by atoms with van der Waals surface area (Å²) < 4.78 is 20.3. The molecule has 34 heavy (non-hydrogen) atoms. The van der Waals surface area contributed by atoms with Crippen LogP contribution in [0, 0.1) is 11.7 Å². The summed E-state index contributed by atoms with van der Waals surface area (Å²) >= 11 is 0. The molecular weight excluding hydrogens is 433 g/mol. The van der Waals surface area contributed by atoms with Crippen LogP contribution in [0.2, 0.25) is 0 Å². The van der Waals surface area contributed by atoms with E-state index in [1.54, 1.807) is 12.1 Å². The second-order valence-electron chi connectivity index (χ2n) is 8.85. The van der Waals surface area contributed by atoms with E-state index in [-0.39, 0.29) is 30.1 Å². The lowest BCUT2D eigenvalue weighted by Gasteiger charge is -2.32. The van der Waals surface area contributed by atoms with Crippen LogP contribution in [0.1, 0.15) is 49.1 Å². The Morgan fingerprint density at radius 1 is 1.24 bits per heavy atom. The van der Waals surface area contributed by atoms with Gasteiger partial charge in [0.05, 0.1) is 6.54 Å². The molecule has 1 fully saturated rings. The summed E-state index contributed by atoms with van der Waals surface area (Å²) in [5, 5.41) is 4.11. The van der Waals surface area contributed by atoms with E-state index in [1.807, 2.05) is 54.3 Å². The van der Waals surface area contributed by atoms with Crippen LogP contribution < -0.4 is 11.5 Å². The lowest BCUT2D eigenvalue weighted by molar-refractivity contribution is -0.119. The summed E-state index contributed by atoms with van der Waals surface area (Å²) in [6.45, 7) is 3.70. The maximum atomic E-state index is 14.8. The molecule has 4 N–H and O–H groups in total. The molecule has 0 bridgehead atoms. The number of amides is 1. The number of likely N-dealkylation sites (tertiary alicyclic amines) is 1. The Kier molecular flexibility index (Phi) is 7.25. The van der Waals surface area contributed by atoms with Gasteiger partial charge < -0.3 is 20.9 Å². The number of benzene rings is 2. The Morgan fingerprint density at radius 2 is 2.03 bits per heavy atom. The van der Waals surface area contributed by atoms with Crippen LogP contribution in [0.4, 0.5) is 4.39 Å². The first-order valence-corrected chi connectivity index (χ1v) is 11.5. The molecule has 2 unspecified atom stereocenters. The minimum atomic E-state index is -0.291. The van der Waals surface area contributed by atoms with Crippen LogP contribution in [-0.4, -0.2) is 35.0 Å². The zero-order valence-corrected chi connectivity index (χ0v) is 19.3. The Labute approximate surface area is 198 Å². The van der Waals surface area contributed by atoms with Crippen molar-refractivity contribution in [2.45, 2.75) is 38.6 Å². The molecule has 1 saturated heterocycles. The van der Waals surface area contributed by atoms with Crippen LogP contribution in [0.3, 0.4) is 0 Å². The first kappa shape index (κ1) is 23.5. The Morgan fingerprint density at radius 3 is 2.76 bits per heavy atom. The monoisotopic (exact) mass is 463 g/mol. The number of hydrogen-bond donors (Lipinski definition) is 2. The van der Waals surface area contributed by atoms with Crippen molar-refractivity contribution < 1.29 is 13.7 Å². The maximum Gasteiger partial charge on any atom is 0.217 e. The summed E-state index contributed by atoms with van der Waals surface area (Å²) in [5.41, 5.74) is 14.4. The number of carbonyl (C=O) groups is 1. The topological polar surface area (TPSA) is 111 Å². The van der Waals surface area contributed by atoms with Crippen molar-refractivity contribution in [3.05, 3.63) is 77.4 Å². The quantitative estimate of drug-likeness (QED) is 0.406. The van der Waals surface area contributed by atoms with Crippen molar-refractivity contribution in [3.63, 3.8) is 0 Å². The van der Waals surface area contributed by atoms with E-state index in [1.165, 1.54) is 0 Å². The highest BCUT2D eigenvalue weighted by Crippen LogP contribution is 2.30. The van der Waals surface area contributed by atoms with Crippen LogP contribution in [0.5, 0.6) is 0 Å². The summed E-state index contributed by atoms with van der Waals surface area (Å²) in [7, 11) is 0. The fraction of sp³-hybridized carbons (Fsp3) is 0.346. The minimum absolute atomic E-state index is 0.168. The van der Waals surface area contributed by atoms with E-state index < -0.39 is 0 Å². The first-order chi connectivity index (χ1) is 16.4. The number of carbonyl (C=O) groups excluding carboxylic acids is 1. The predicted molar refractivity (Wildman–Crippen MR) is 129 cm³/mol. The third-order valence-electron chi connectivity index (χ3n) is 6.32. The molecule has 1 amide bonds. The number of rotatable bonds is 7. The van der Waals surface area contributed by atoms with Gasteiger partial charge in [-0.15, -0.1) is 0 Å². The molecule has 0 saturated carbocycles. The third-order valence-corrected chi connectivity index (χ3v) is 6.32. The molecule has 0 radical (unpaired) electrons. The summed E-state index contributed by atoms with van der Waals surface area (Å²) in [4.78, 5) is 17.7. The van der Waals surface area contributed by atoms with Crippen molar-refractivity contribution in [2.75, 3.05) is 13.1 Å². The van der Waals surface area contributed by atoms with Crippen LogP contribution in [0.25, 0.3) is 11.1 Å². The fourth-order valence-corrected chi connectivity index (χ4v) is 4.41. The largest absolute Gasteiger partial charge is 0.370 e. The highest BCUT2D eigenvalue weighted by atomic mass is 19.1. The van der Waals surface area contributed by atoms with Gasteiger partial charge in [0, 0.05) is 37.1 Å². The van der Waals surface area contributed by atoms with E-state index in [0.717, 1.165) is 30.5 Å². The molecule has 2 heterocycles. The molecule has 1 aromatic heterocycles. The van der Waals surface area contributed by atoms with E-state index >= 15 is 0 Å². The van der Waals surface area contributed by atoms with Gasteiger partial charge in [0.15, 0.2) is 5.96 Å². The normalized spacial score (nSPS) is 17.5. The number of guanidine groups is 1. The number of nitrogens with two attached hydrogens (primary N) is 2. The molecule has 1 aliphatic heterocycles. The molecule has 2 atom stereocenters. The maximum absolute atomic E-state index is 14.8. The lowest BCUT2D eigenvalue weighted by Crippen LogP contribution is -2.44. The van der Waals surface area contributed by atoms with Crippen molar-refractivity contribution in [3.8, 4) is 11.1 Å². The molecule has 8 heteroatoms. The highest BCUT2D eigenvalue weighted by molar-refractivity contribution is 5.78. The van der Waals surface area contributed by atoms with Crippen molar-refractivity contribution in [2.24, 2.45) is 22.4 Å². The second kappa shape index (κ2) is 10.5. The number of nitrogens with zero attached hydrogens (tertiary/aromatic N) is 3. The Balaban J connectivity index is 1.40. The van der Waals surface area contributed by atoms with Gasteiger partial charge in [-0.25, -0.2) is 9.38 Å². The molecule has 7 nitrogen and oxygen atoms in total. The number of halogens is 1. The number of aromatic nitrogens is 1. The average molecular weight is 464 g/mol. The van der Waals surface area contributed by atoms with E-state index in [9.17, 15) is 9.18 Å². The van der Waals surface area contributed by atoms with Crippen molar-refractivity contribution >= 4 is 11.9 Å². The van der Waals surface area contributed by atoms with Gasteiger partial charge in [-0.05, 0) is 36.0 Å². The van der Waals surface area contributed by atoms with Crippen LogP contribution in [0.15, 0.2) is 64.1 Å². The number of aliphatic imine (C=N–C) groups is 1. The van der Waals surface area contributed by atoms with Crippen molar-refractivity contribution in [1.29, 1.82) is 0 Å². The molecule has 0 aliphatic carbocycles. The minimum Gasteiger partial charge on any atom is -0.370 e. The zero-order valence-electron chi connectivity index (χ0n) is 19.3. The second-order valence-corrected chi connectivity index (χ2v) is 8.85. The number of hydrogen-bond acceptors (Lipinski definition) is 4. The molecular formula is C26H30FN5O2. The molecule has 4 rings (SSSR count). The van der Waals surface area contributed by atoms with E-state index in [4.69, 9.17) is 16.0 Å². The van der Waals surface area contributed by atoms with Crippen LogP contribution in [-0.2, 0) is 11.3 Å². The van der Waals surface area contributed by atoms with Gasteiger partial charge in [0.25, 0.3) is 0 Å². The summed E-state index contributed by atoms with van der Waals surface area (Å²) in [5.74, 6) is 0.525. The highest BCUT2D eigenvalue weighted by Gasteiger charge is 2.23. The number of piperidine rings is 1. The average Bonchev–Trinajstić information content (AvgIpc) is 3.31. The van der Waals surface area contributed by atoms with Gasteiger partial charge in [-0.2, -0.15) is 0 Å². The SMILES string of the molecule is CC(c1ccc(-c2ccccc2)c(F)c1)c1cc(CN=C(N)N2CCCC(CC(N)=O)C2)no1. The van der Waals surface area contributed by atoms with E-state index in [2.05, 4.69) is 10.1 Å².